The third-order valence-corrected chi connectivity index (χ3v) is 4.98. The Labute approximate surface area is 145 Å². The zero-order valence-corrected chi connectivity index (χ0v) is 15.4. The third kappa shape index (κ3) is 3.53. The van der Waals surface area contributed by atoms with Crippen LogP contribution in [0, 0.1) is 5.41 Å². The Morgan fingerprint density at radius 1 is 1.25 bits per heavy atom. The average Bonchev–Trinajstić information content (AvgIpc) is 2.89. The fraction of sp³-hybridized carbons (Fsp3) is 0.562. The number of carbonyl (C=O) groups excluding carboxylic acids is 3. The molecule has 0 unspecified atom stereocenters. The van der Waals surface area contributed by atoms with Crippen molar-refractivity contribution >= 4 is 34.2 Å². The summed E-state index contributed by atoms with van der Waals surface area (Å²) in [7, 11) is 2.91. The van der Waals surface area contributed by atoms with E-state index in [4.69, 9.17) is 4.74 Å². The molecule has 0 saturated carbocycles. The molecular formula is C16H23N3O4S. The number of nitrogens with zero attached hydrogens (tertiary/aromatic N) is 1. The van der Waals surface area contributed by atoms with Crippen molar-refractivity contribution < 1.29 is 19.1 Å². The summed E-state index contributed by atoms with van der Waals surface area (Å²) in [6.07, 6.45) is 0.158. The molecule has 1 aromatic rings. The van der Waals surface area contributed by atoms with Crippen molar-refractivity contribution in [2.45, 2.75) is 33.7 Å². The van der Waals surface area contributed by atoms with Crippen LogP contribution < -0.4 is 10.6 Å². The summed E-state index contributed by atoms with van der Waals surface area (Å²) >= 11 is 1.34. The van der Waals surface area contributed by atoms with E-state index in [1.54, 1.807) is 11.9 Å². The van der Waals surface area contributed by atoms with E-state index in [9.17, 15) is 14.4 Å². The van der Waals surface area contributed by atoms with Crippen molar-refractivity contribution in [2.75, 3.05) is 26.0 Å². The molecule has 0 bridgehead atoms. The summed E-state index contributed by atoms with van der Waals surface area (Å²) in [6.45, 7) is 6.30. The summed E-state index contributed by atoms with van der Waals surface area (Å²) in [5.74, 6) is -0.390. The van der Waals surface area contributed by atoms with Crippen LogP contribution in [0.15, 0.2) is 0 Å². The molecule has 1 aromatic heterocycles. The van der Waals surface area contributed by atoms with Crippen molar-refractivity contribution in [3.8, 4) is 0 Å². The van der Waals surface area contributed by atoms with Crippen LogP contribution >= 0.6 is 11.3 Å². The van der Waals surface area contributed by atoms with Gasteiger partial charge in [0.1, 0.15) is 5.00 Å². The first-order valence-electron chi connectivity index (χ1n) is 7.70. The minimum Gasteiger partial charge on any atom is -0.453 e. The molecule has 2 heterocycles. The fourth-order valence-corrected chi connectivity index (χ4v) is 3.69. The van der Waals surface area contributed by atoms with E-state index >= 15 is 0 Å². The van der Waals surface area contributed by atoms with Gasteiger partial charge in [-0.1, -0.05) is 20.8 Å². The Morgan fingerprint density at radius 2 is 1.92 bits per heavy atom. The van der Waals surface area contributed by atoms with Crippen LogP contribution in [0.3, 0.4) is 0 Å². The van der Waals surface area contributed by atoms with Gasteiger partial charge in [-0.15, -0.1) is 11.3 Å². The predicted molar refractivity (Wildman–Crippen MR) is 92.3 cm³/mol. The minimum absolute atomic E-state index is 0.156. The molecule has 0 saturated heterocycles. The van der Waals surface area contributed by atoms with Gasteiger partial charge >= 0.3 is 6.09 Å². The third-order valence-electron chi connectivity index (χ3n) is 3.85. The van der Waals surface area contributed by atoms with Crippen molar-refractivity contribution in [3.63, 3.8) is 0 Å². The number of nitrogens with one attached hydrogen (secondary N) is 2. The van der Waals surface area contributed by atoms with Crippen LogP contribution in [0.2, 0.25) is 0 Å². The van der Waals surface area contributed by atoms with Crippen LogP contribution in [0.5, 0.6) is 0 Å². The molecule has 132 valence electrons. The van der Waals surface area contributed by atoms with Gasteiger partial charge in [0.2, 0.25) is 5.91 Å². The Hall–Kier alpha value is -2.09. The van der Waals surface area contributed by atoms with Crippen LogP contribution in [-0.4, -0.2) is 43.5 Å². The number of amides is 3. The highest BCUT2D eigenvalue weighted by Gasteiger charge is 2.31. The number of thiophene rings is 1. The number of carbonyl (C=O) groups is 3. The summed E-state index contributed by atoms with van der Waals surface area (Å²) < 4.78 is 4.76. The van der Waals surface area contributed by atoms with Gasteiger partial charge in [-0.05, 0) is 12.0 Å². The molecule has 1 aliphatic rings. The molecule has 0 radical (unpaired) electrons. The van der Waals surface area contributed by atoms with Crippen LogP contribution in [0.1, 0.15) is 41.6 Å². The zero-order chi connectivity index (χ0) is 18.1. The van der Waals surface area contributed by atoms with E-state index in [-0.39, 0.29) is 11.8 Å². The second kappa shape index (κ2) is 6.80. The summed E-state index contributed by atoms with van der Waals surface area (Å²) in [6, 6.07) is 0. The Bertz CT molecular complexity index is 676. The van der Waals surface area contributed by atoms with E-state index in [0.29, 0.717) is 30.1 Å². The molecule has 0 aromatic carbocycles. The van der Waals surface area contributed by atoms with Crippen molar-refractivity contribution in [1.29, 1.82) is 0 Å². The number of methoxy groups -OCH3 is 1. The van der Waals surface area contributed by atoms with E-state index in [1.165, 1.54) is 18.4 Å². The lowest BCUT2D eigenvalue weighted by Gasteiger charge is -2.25. The zero-order valence-electron chi connectivity index (χ0n) is 14.6. The number of anilines is 1. The van der Waals surface area contributed by atoms with Gasteiger partial charge in [0.15, 0.2) is 0 Å². The van der Waals surface area contributed by atoms with Gasteiger partial charge < -0.3 is 20.3 Å². The lowest BCUT2D eigenvalue weighted by Crippen LogP contribution is -2.36. The quantitative estimate of drug-likeness (QED) is 0.853. The van der Waals surface area contributed by atoms with Crippen LogP contribution in [-0.2, 0) is 22.5 Å². The number of hydrogen-bond acceptors (Lipinski definition) is 5. The topological polar surface area (TPSA) is 87.7 Å². The smallest absolute Gasteiger partial charge is 0.409 e. The number of hydrogen-bond donors (Lipinski definition) is 2. The second-order valence-electron chi connectivity index (χ2n) is 6.63. The maximum absolute atomic E-state index is 12.3. The Morgan fingerprint density at radius 3 is 2.46 bits per heavy atom. The normalized spacial score (nSPS) is 14.0. The molecule has 1 aliphatic heterocycles. The molecule has 2 rings (SSSR count). The van der Waals surface area contributed by atoms with E-state index in [2.05, 4.69) is 10.6 Å². The predicted octanol–water partition coefficient (Wildman–Crippen LogP) is 2.22. The van der Waals surface area contributed by atoms with Gasteiger partial charge in [0, 0.05) is 23.9 Å². The fourth-order valence-electron chi connectivity index (χ4n) is 2.43. The molecule has 0 aliphatic carbocycles. The highest BCUT2D eigenvalue weighted by atomic mass is 32.1. The number of rotatable bonds is 2. The maximum Gasteiger partial charge on any atom is 0.409 e. The monoisotopic (exact) mass is 353 g/mol. The highest BCUT2D eigenvalue weighted by molar-refractivity contribution is 7.17. The molecule has 0 atom stereocenters. The summed E-state index contributed by atoms with van der Waals surface area (Å²) in [4.78, 5) is 38.8. The summed E-state index contributed by atoms with van der Waals surface area (Å²) in [5.41, 5.74) is 0.825. The molecule has 24 heavy (non-hydrogen) atoms. The minimum atomic E-state index is -0.567. The van der Waals surface area contributed by atoms with E-state index in [0.717, 1.165) is 10.4 Å². The van der Waals surface area contributed by atoms with Gasteiger partial charge in [-0.3, -0.25) is 9.59 Å². The standard InChI is InChI=1S/C16H23N3O4S/c1-16(2,3)14(21)18-13-11(12(20)17-4)9-6-7-19(15(22)23-5)8-10(9)24-13/h6-8H2,1-5H3,(H,17,20)(H,18,21). The Kier molecular flexibility index (Phi) is 5.17. The number of ether oxygens (including phenoxy) is 1. The molecular weight excluding hydrogens is 330 g/mol. The largest absolute Gasteiger partial charge is 0.453 e. The van der Waals surface area contributed by atoms with E-state index < -0.39 is 11.5 Å². The van der Waals surface area contributed by atoms with E-state index in [1.807, 2.05) is 20.8 Å². The average molecular weight is 353 g/mol. The van der Waals surface area contributed by atoms with Gasteiger partial charge in [-0.25, -0.2) is 4.79 Å². The Balaban J connectivity index is 2.39. The van der Waals surface area contributed by atoms with Crippen LogP contribution in [0.4, 0.5) is 9.80 Å². The molecule has 3 amide bonds. The molecule has 7 nitrogen and oxygen atoms in total. The van der Waals surface area contributed by atoms with Crippen LogP contribution in [0.25, 0.3) is 0 Å². The first-order chi connectivity index (χ1) is 11.2. The molecule has 0 spiro atoms. The highest BCUT2D eigenvalue weighted by Crippen LogP contribution is 2.38. The van der Waals surface area contributed by atoms with Crippen molar-refractivity contribution in [1.82, 2.24) is 10.2 Å². The lowest BCUT2D eigenvalue weighted by molar-refractivity contribution is -0.123. The lowest BCUT2D eigenvalue weighted by atomic mass is 9.95. The van der Waals surface area contributed by atoms with Gasteiger partial charge in [-0.2, -0.15) is 0 Å². The second-order valence-corrected chi connectivity index (χ2v) is 7.74. The number of fused-ring (bicyclic) bond motifs is 1. The maximum atomic E-state index is 12.3. The van der Waals surface area contributed by atoms with Crippen molar-refractivity contribution in [3.05, 3.63) is 16.0 Å². The SMILES string of the molecule is CNC(=O)c1c(NC(=O)C(C)(C)C)sc2c1CCN(C(=O)OC)C2. The van der Waals surface area contributed by atoms with Gasteiger partial charge in [0.25, 0.3) is 5.91 Å². The molecule has 2 N–H and O–H groups in total. The first kappa shape index (κ1) is 18.3. The van der Waals surface area contributed by atoms with Crippen molar-refractivity contribution in [2.24, 2.45) is 5.41 Å². The molecule has 0 fully saturated rings. The molecule has 8 heteroatoms. The van der Waals surface area contributed by atoms with Gasteiger partial charge in [0.05, 0.1) is 19.2 Å². The first-order valence-corrected chi connectivity index (χ1v) is 8.51. The summed E-state index contributed by atoms with van der Waals surface area (Å²) in [5, 5.41) is 6.02.